The van der Waals surface area contributed by atoms with Gasteiger partial charge in [-0.25, -0.2) is 9.78 Å². The van der Waals surface area contributed by atoms with Crippen molar-refractivity contribution in [3.05, 3.63) is 40.3 Å². The fourth-order valence-electron chi connectivity index (χ4n) is 1.30. The summed E-state index contributed by atoms with van der Waals surface area (Å²) in [6, 6.07) is 2.67. The van der Waals surface area contributed by atoms with Crippen LogP contribution < -0.4 is 0 Å². The van der Waals surface area contributed by atoms with Gasteiger partial charge in [0.25, 0.3) is 0 Å². The van der Waals surface area contributed by atoms with Crippen LogP contribution in [0.5, 0.6) is 0 Å². The normalized spacial score (nSPS) is 10.4. The molecule has 0 radical (unpaired) electrons. The standard InChI is InChI=1S/C8H5N3O4/c12-8(13)6-4-9-7-5(11(14)15)2-1-3-10(6)7/h1-4H,(H,12,13). The van der Waals surface area contributed by atoms with Gasteiger partial charge >= 0.3 is 11.7 Å². The topological polar surface area (TPSA) is 97.7 Å². The molecule has 2 aromatic rings. The maximum atomic E-state index is 10.7. The van der Waals surface area contributed by atoms with E-state index in [1.807, 2.05) is 0 Å². The van der Waals surface area contributed by atoms with Gasteiger partial charge in [-0.05, 0) is 6.07 Å². The number of pyridine rings is 1. The van der Waals surface area contributed by atoms with Gasteiger partial charge in [0.2, 0.25) is 5.65 Å². The molecule has 0 bridgehead atoms. The van der Waals surface area contributed by atoms with Gasteiger partial charge in [-0.2, -0.15) is 0 Å². The number of hydrogen-bond donors (Lipinski definition) is 1. The summed E-state index contributed by atoms with van der Waals surface area (Å²) < 4.78 is 1.17. The van der Waals surface area contributed by atoms with E-state index in [4.69, 9.17) is 5.11 Å². The molecule has 0 fully saturated rings. The average molecular weight is 207 g/mol. The summed E-state index contributed by atoms with van der Waals surface area (Å²) in [5.74, 6) is -1.18. The molecule has 0 amide bonds. The van der Waals surface area contributed by atoms with Gasteiger partial charge in [0.05, 0.1) is 11.1 Å². The van der Waals surface area contributed by atoms with Crippen LogP contribution in [0.15, 0.2) is 24.5 Å². The number of carboxylic acids is 1. The van der Waals surface area contributed by atoms with Crippen molar-refractivity contribution in [3.8, 4) is 0 Å². The molecule has 7 heteroatoms. The van der Waals surface area contributed by atoms with E-state index in [2.05, 4.69) is 4.98 Å². The number of nitro groups is 1. The molecule has 0 unspecified atom stereocenters. The molecule has 0 aromatic carbocycles. The van der Waals surface area contributed by atoms with Crippen molar-refractivity contribution in [1.82, 2.24) is 9.38 Å². The summed E-state index contributed by atoms with van der Waals surface area (Å²) in [4.78, 5) is 24.4. The third-order valence-corrected chi connectivity index (χ3v) is 1.93. The predicted octanol–water partition coefficient (Wildman–Crippen LogP) is 0.941. The Labute approximate surface area is 82.7 Å². The second-order valence-electron chi connectivity index (χ2n) is 2.79. The molecule has 0 atom stereocenters. The first kappa shape index (κ1) is 9.13. The van der Waals surface area contributed by atoms with Gasteiger partial charge in [0.1, 0.15) is 0 Å². The zero-order valence-electron chi connectivity index (χ0n) is 7.32. The number of hydrogen-bond acceptors (Lipinski definition) is 4. The van der Waals surface area contributed by atoms with Gasteiger partial charge in [-0.3, -0.25) is 14.5 Å². The van der Waals surface area contributed by atoms with E-state index in [0.717, 1.165) is 6.20 Å². The first-order valence-electron chi connectivity index (χ1n) is 3.95. The van der Waals surface area contributed by atoms with Gasteiger partial charge in [0.15, 0.2) is 5.69 Å². The Morgan fingerprint density at radius 2 is 2.33 bits per heavy atom. The highest BCUT2D eigenvalue weighted by Crippen LogP contribution is 2.18. The number of imidazole rings is 1. The largest absolute Gasteiger partial charge is 0.477 e. The summed E-state index contributed by atoms with van der Waals surface area (Å²) in [5, 5.41) is 19.4. The average Bonchev–Trinajstić information content (AvgIpc) is 2.59. The monoisotopic (exact) mass is 207 g/mol. The lowest BCUT2D eigenvalue weighted by Gasteiger charge is -1.96. The van der Waals surface area contributed by atoms with Crippen molar-refractivity contribution >= 4 is 17.3 Å². The zero-order chi connectivity index (χ0) is 11.0. The Hall–Kier alpha value is -2.44. The number of carbonyl (C=O) groups is 1. The molecule has 0 spiro atoms. The Morgan fingerprint density at radius 3 is 2.93 bits per heavy atom. The molecule has 7 nitrogen and oxygen atoms in total. The zero-order valence-corrected chi connectivity index (χ0v) is 7.32. The molecule has 76 valence electrons. The molecule has 0 saturated heterocycles. The summed E-state index contributed by atoms with van der Waals surface area (Å²) in [5.41, 5.74) is -0.293. The number of rotatable bonds is 2. The fraction of sp³-hybridized carbons (Fsp3) is 0. The van der Waals surface area contributed by atoms with Gasteiger partial charge in [-0.15, -0.1) is 0 Å². The smallest absolute Gasteiger partial charge is 0.354 e. The van der Waals surface area contributed by atoms with Crippen molar-refractivity contribution in [3.63, 3.8) is 0 Å². The SMILES string of the molecule is O=C(O)c1cnc2c([N+](=O)[O-])cccn12. The van der Waals surface area contributed by atoms with E-state index in [-0.39, 0.29) is 17.0 Å². The second kappa shape index (κ2) is 3.05. The third kappa shape index (κ3) is 1.30. The highest BCUT2D eigenvalue weighted by atomic mass is 16.6. The maximum absolute atomic E-state index is 10.7. The number of carboxylic acid groups (broad SMARTS) is 1. The summed E-state index contributed by atoms with van der Waals surface area (Å²) in [6.45, 7) is 0. The molecule has 0 aliphatic heterocycles. The quantitative estimate of drug-likeness (QED) is 0.583. The van der Waals surface area contributed by atoms with E-state index >= 15 is 0 Å². The molecule has 0 aliphatic carbocycles. The highest BCUT2D eigenvalue weighted by molar-refractivity contribution is 5.87. The third-order valence-electron chi connectivity index (χ3n) is 1.93. The van der Waals surface area contributed by atoms with Crippen molar-refractivity contribution in [1.29, 1.82) is 0 Å². The van der Waals surface area contributed by atoms with Gasteiger partial charge in [-0.1, -0.05) is 0 Å². The molecule has 2 aromatic heterocycles. The van der Waals surface area contributed by atoms with Crippen molar-refractivity contribution < 1.29 is 14.8 Å². The van der Waals surface area contributed by atoms with Crippen LogP contribution in [-0.2, 0) is 0 Å². The Bertz CT molecular complexity index is 560. The lowest BCUT2D eigenvalue weighted by Crippen LogP contribution is -2.02. The van der Waals surface area contributed by atoms with E-state index in [0.29, 0.717) is 0 Å². The molecule has 2 rings (SSSR count). The van der Waals surface area contributed by atoms with Crippen LogP contribution in [0, 0.1) is 10.1 Å². The van der Waals surface area contributed by atoms with E-state index < -0.39 is 10.9 Å². The van der Waals surface area contributed by atoms with E-state index in [9.17, 15) is 14.9 Å². The second-order valence-corrected chi connectivity index (χ2v) is 2.79. The lowest BCUT2D eigenvalue weighted by molar-refractivity contribution is -0.383. The molecule has 0 saturated carbocycles. The summed E-state index contributed by atoms with van der Waals surface area (Å²) >= 11 is 0. The molecule has 0 aliphatic rings. The minimum atomic E-state index is -1.18. The first-order chi connectivity index (χ1) is 7.11. The van der Waals surface area contributed by atoms with E-state index in [1.165, 1.54) is 22.7 Å². The van der Waals surface area contributed by atoms with Gasteiger partial charge < -0.3 is 5.11 Å². The Balaban J connectivity index is 2.80. The van der Waals surface area contributed by atoms with Crippen LogP contribution in [0.25, 0.3) is 5.65 Å². The van der Waals surface area contributed by atoms with Crippen molar-refractivity contribution in [2.24, 2.45) is 0 Å². The number of aromatic carboxylic acids is 1. The van der Waals surface area contributed by atoms with Gasteiger partial charge in [0, 0.05) is 12.3 Å². The Morgan fingerprint density at radius 1 is 1.60 bits per heavy atom. The minimum absolute atomic E-state index is 0.0277. The summed E-state index contributed by atoms with van der Waals surface area (Å²) in [6.07, 6.45) is 2.50. The molecular weight excluding hydrogens is 202 g/mol. The highest BCUT2D eigenvalue weighted by Gasteiger charge is 2.17. The van der Waals surface area contributed by atoms with Crippen LogP contribution in [0.3, 0.4) is 0 Å². The number of fused-ring (bicyclic) bond motifs is 1. The number of nitrogens with zero attached hydrogens (tertiary/aromatic N) is 3. The van der Waals surface area contributed by atoms with Crippen LogP contribution in [0.1, 0.15) is 10.5 Å². The van der Waals surface area contributed by atoms with Crippen molar-refractivity contribution in [2.45, 2.75) is 0 Å². The Kier molecular flexibility index (Phi) is 1.86. The maximum Gasteiger partial charge on any atom is 0.354 e. The van der Waals surface area contributed by atoms with Crippen LogP contribution in [0.4, 0.5) is 5.69 Å². The summed E-state index contributed by atoms with van der Waals surface area (Å²) in [7, 11) is 0. The molecule has 2 heterocycles. The van der Waals surface area contributed by atoms with Crippen LogP contribution >= 0.6 is 0 Å². The minimum Gasteiger partial charge on any atom is -0.477 e. The van der Waals surface area contributed by atoms with Crippen molar-refractivity contribution in [2.75, 3.05) is 0 Å². The fourth-order valence-corrected chi connectivity index (χ4v) is 1.30. The first-order valence-corrected chi connectivity index (χ1v) is 3.95. The molecule has 15 heavy (non-hydrogen) atoms. The molecular formula is C8H5N3O4. The van der Waals surface area contributed by atoms with Crippen LogP contribution in [-0.4, -0.2) is 25.4 Å². The van der Waals surface area contributed by atoms with Crippen LogP contribution in [0.2, 0.25) is 0 Å². The van der Waals surface area contributed by atoms with E-state index in [1.54, 1.807) is 0 Å². The predicted molar refractivity (Wildman–Crippen MR) is 48.8 cm³/mol. The lowest BCUT2D eigenvalue weighted by atomic mass is 10.4. The molecule has 1 N–H and O–H groups in total. The number of aromatic nitrogens is 2.